The van der Waals surface area contributed by atoms with Crippen LogP contribution in [0.4, 0.5) is 13.2 Å². The molecule has 6 N–H and O–H groups in total. The number of carboxylic acids is 3. The highest BCUT2D eigenvalue weighted by atomic mass is 19.4. The van der Waals surface area contributed by atoms with Gasteiger partial charge in [0.25, 0.3) is 0 Å². The van der Waals surface area contributed by atoms with Gasteiger partial charge in [0.1, 0.15) is 11.5 Å². The molecule has 0 aliphatic rings. The number of aliphatic hydroxyl groups excluding tert-OH is 1. The van der Waals surface area contributed by atoms with Crippen LogP contribution in [0, 0.1) is 0 Å². The van der Waals surface area contributed by atoms with Gasteiger partial charge in [-0.2, -0.15) is 13.2 Å². The highest BCUT2D eigenvalue weighted by molar-refractivity contribution is 5.88. The van der Waals surface area contributed by atoms with Crippen LogP contribution in [0.25, 0.3) is 0 Å². The van der Waals surface area contributed by atoms with Crippen LogP contribution in [0.3, 0.4) is 0 Å². The van der Waals surface area contributed by atoms with Crippen LogP contribution in [-0.2, 0) is 32.0 Å². The summed E-state index contributed by atoms with van der Waals surface area (Å²) in [5.41, 5.74) is 0.172. The lowest BCUT2D eigenvalue weighted by Crippen LogP contribution is -2.42. The Morgan fingerprint density at radius 3 is 1.83 bits per heavy atom. The van der Waals surface area contributed by atoms with E-state index in [-0.39, 0.29) is 24.2 Å². The van der Waals surface area contributed by atoms with Crippen molar-refractivity contribution in [2.75, 3.05) is 0 Å². The molecule has 2 aromatic carbocycles. The highest BCUT2D eigenvalue weighted by Gasteiger charge is 2.40. The minimum Gasteiger partial charge on any atom is -0.508 e. The number of carbonyl (C=O) groups excluding carboxylic acids is 1. The van der Waals surface area contributed by atoms with Crippen molar-refractivity contribution in [1.29, 1.82) is 0 Å². The molecule has 0 aliphatic carbocycles. The van der Waals surface area contributed by atoms with Gasteiger partial charge in [-0.1, -0.05) is 95.4 Å². The molecule has 0 saturated heterocycles. The van der Waals surface area contributed by atoms with Crippen molar-refractivity contribution in [3.8, 4) is 11.5 Å². The van der Waals surface area contributed by atoms with Crippen molar-refractivity contribution in [3.05, 3.63) is 59.2 Å². The molecule has 306 valence electrons. The van der Waals surface area contributed by atoms with E-state index in [0.29, 0.717) is 18.6 Å². The number of benzene rings is 2. The summed E-state index contributed by atoms with van der Waals surface area (Å²) in [4.78, 5) is 41.6. The first-order valence-electron chi connectivity index (χ1n) is 18.5. The van der Waals surface area contributed by atoms with E-state index in [4.69, 9.17) is 30.3 Å². The SMILES string of the molecule is CC(=O)Oc1cccc(Cc2cc(CCCCCCCCCC(F)(F)F)ccc2O)c1.CCCCCCCC(C)O.O=C(O)CC(O)(CC(=O)O)C(=O)O. The Kier molecular flexibility index (Phi) is 25.3. The van der Waals surface area contributed by atoms with E-state index in [2.05, 4.69) is 6.92 Å². The summed E-state index contributed by atoms with van der Waals surface area (Å²) in [6.07, 6.45) is 7.54. The molecule has 1 unspecified atom stereocenters. The predicted octanol–water partition coefficient (Wildman–Crippen LogP) is 8.61. The topological polar surface area (TPSA) is 199 Å². The zero-order valence-electron chi connectivity index (χ0n) is 31.7. The van der Waals surface area contributed by atoms with Gasteiger partial charge in [-0.05, 0) is 67.5 Å². The fourth-order valence-electron chi connectivity index (χ4n) is 5.34. The summed E-state index contributed by atoms with van der Waals surface area (Å²) in [5.74, 6) is -4.67. The van der Waals surface area contributed by atoms with Gasteiger partial charge >= 0.3 is 30.1 Å². The van der Waals surface area contributed by atoms with Crippen LogP contribution < -0.4 is 4.74 Å². The highest BCUT2D eigenvalue weighted by Crippen LogP contribution is 2.26. The number of alkyl halides is 3. The van der Waals surface area contributed by atoms with Crippen LogP contribution in [0.1, 0.15) is 140 Å². The molecule has 0 spiro atoms. The lowest BCUT2D eigenvalue weighted by molar-refractivity contribution is -0.170. The normalized spacial score (nSPS) is 11.7. The number of hydrogen-bond acceptors (Lipinski definition) is 8. The standard InChI is InChI=1S/C25H31F3O3.C9H20O.C6H8O7/c1-19(29)31-23-12-9-11-21(18-23)17-22-16-20(13-14-24(22)30)10-7-5-3-2-4-6-8-15-25(26,27)28;1-3-4-5-6-7-8-9(2)10;7-3(8)1-6(13,5(11)12)2-4(9)10/h9,11-14,16,18,30H,2-8,10,15,17H2,1H3;9-10H,3-8H2,1-2H3;13H,1-2H2,(H,7,8)(H,9,10)(H,11,12). The van der Waals surface area contributed by atoms with Crippen LogP contribution >= 0.6 is 0 Å². The summed E-state index contributed by atoms with van der Waals surface area (Å²) in [6, 6.07) is 12.9. The molecule has 0 heterocycles. The Morgan fingerprint density at radius 2 is 1.31 bits per heavy atom. The number of halogens is 3. The lowest BCUT2D eigenvalue weighted by Gasteiger charge is -2.18. The fourth-order valence-corrected chi connectivity index (χ4v) is 5.34. The Labute approximate surface area is 316 Å². The Hall–Kier alpha value is -4.17. The van der Waals surface area contributed by atoms with Crippen LogP contribution in [0.15, 0.2) is 42.5 Å². The van der Waals surface area contributed by atoms with Crippen molar-refractivity contribution in [3.63, 3.8) is 0 Å². The number of carbonyl (C=O) groups is 4. The lowest BCUT2D eigenvalue weighted by atomic mass is 9.96. The van der Waals surface area contributed by atoms with E-state index >= 15 is 0 Å². The first-order valence-corrected chi connectivity index (χ1v) is 18.5. The third kappa shape index (κ3) is 26.6. The molecule has 0 radical (unpaired) electrons. The Bertz CT molecular complexity index is 1380. The number of aliphatic carboxylic acids is 3. The minimum absolute atomic E-state index is 0.0957. The Balaban J connectivity index is 0.00000100. The van der Waals surface area contributed by atoms with Crippen LogP contribution in [0.5, 0.6) is 11.5 Å². The third-order valence-electron chi connectivity index (χ3n) is 8.14. The number of esters is 1. The zero-order chi connectivity index (χ0) is 41.2. The van der Waals surface area contributed by atoms with E-state index in [9.17, 15) is 37.5 Å². The summed E-state index contributed by atoms with van der Waals surface area (Å²) < 4.78 is 41.4. The number of phenolic OH excluding ortho intramolecular Hbond substituents is 1. The first kappa shape index (κ1) is 49.8. The average molecular weight is 773 g/mol. The second-order valence-corrected chi connectivity index (χ2v) is 13.5. The molecule has 14 heteroatoms. The van der Waals surface area contributed by atoms with E-state index < -0.39 is 48.9 Å². The minimum atomic E-state index is -4.03. The second-order valence-electron chi connectivity index (χ2n) is 13.5. The molecule has 0 fully saturated rings. The first-order chi connectivity index (χ1) is 25.3. The van der Waals surface area contributed by atoms with Gasteiger partial charge in [0.15, 0.2) is 5.60 Å². The largest absolute Gasteiger partial charge is 0.508 e. The average Bonchev–Trinajstić information content (AvgIpc) is 3.04. The quantitative estimate of drug-likeness (QED) is 0.0359. The van der Waals surface area contributed by atoms with Crippen LogP contribution in [0.2, 0.25) is 0 Å². The van der Waals surface area contributed by atoms with E-state index in [1.165, 1.54) is 39.0 Å². The van der Waals surface area contributed by atoms with Crippen molar-refractivity contribution >= 4 is 23.9 Å². The van der Waals surface area contributed by atoms with Crippen molar-refractivity contribution in [2.24, 2.45) is 0 Å². The zero-order valence-corrected chi connectivity index (χ0v) is 31.7. The number of unbranched alkanes of at least 4 members (excludes halogenated alkanes) is 10. The van der Waals surface area contributed by atoms with Gasteiger partial charge in [-0.3, -0.25) is 14.4 Å². The maximum absolute atomic E-state index is 12.1. The van der Waals surface area contributed by atoms with Crippen molar-refractivity contribution in [1.82, 2.24) is 0 Å². The number of aromatic hydroxyl groups is 1. The monoisotopic (exact) mass is 772 g/mol. The number of aliphatic hydroxyl groups is 2. The summed E-state index contributed by atoms with van der Waals surface area (Å²) in [6.45, 7) is 5.43. The van der Waals surface area contributed by atoms with Crippen molar-refractivity contribution in [2.45, 2.75) is 154 Å². The van der Waals surface area contributed by atoms with Gasteiger partial charge in [0.05, 0.1) is 18.9 Å². The molecule has 0 amide bonds. The van der Waals surface area contributed by atoms with Gasteiger partial charge in [-0.15, -0.1) is 0 Å². The van der Waals surface area contributed by atoms with Gasteiger partial charge < -0.3 is 35.4 Å². The summed E-state index contributed by atoms with van der Waals surface area (Å²) >= 11 is 0. The fraction of sp³-hybridized carbons (Fsp3) is 0.600. The molecular formula is C40H59F3O11. The van der Waals surface area contributed by atoms with Gasteiger partial charge in [0, 0.05) is 19.8 Å². The molecule has 0 bridgehead atoms. The number of rotatable bonds is 23. The maximum Gasteiger partial charge on any atom is 0.389 e. The summed E-state index contributed by atoms with van der Waals surface area (Å²) in [5, 5.41) is 52.9. The van der Waals surface area contributed by atoms with E-state index in [1.54, 1.807) is 18.2 Å². The molecule has 2 rings (SSSR count). The predicted molar refractivity (Wildman–Crippen MR) is 198 cm³/mol. The molecule has 0 aromatic heterocycles. The Morgan fingerprint density at radius 1 is 0.759 bits per heavy atom. The molecule has 1 atom stereocenters. The molecule has 2 aromatic rings. The second kappa shape index (κ2) is 27.4. The number of aryl methyl sites for hydroxylation is 1. The smallest absolute Gasteiger partial charge is 0.389 e. The molecular weight excluding hydrogens is 713 g/mol. The van der Waals surface area contributed by atoms with Crippen molar-refractivity contribution < 1.29 is 67.7 Å². The number of phenols is 1. The molecule has 11 nitrogen and oxygen atoms in total. The number of ether oxygens (including phenoxy) is 1. The summed E-state index contributed by atoms with van der Waals surface area (Å²) in [7, 11) is 0. The third-order valence-corrected chi connectivity index (χ3v) is 8.14. The van der Waals surface area contributed by atoms with E-state index in [1.807, 2.05) is 31.2 Å². The molecule has 0 saturated carbocycles. The molecule has 0 aliphatic heterocycles. The van der Waals surface area contributed by atoms with Crippen LogP contribution in [-0.4, -0.2) is 72.4 Å². The molecule has 54 heavy (non-hydrogen) atoms. The number of carboxylic acid groups (broad SMARTS) is 3. The van der Waals surface area contributed by atoms with Gasteiger partial charge in [0.2, 0.25) is 0 Å². The van der Waals surface area contributed by atoms with E-state index in [0.717, 1.165) is 61.6 Å². The number of hydrogen-bond donors (Lipinski definition) is 6. The van der Waals surface area contributed by atoms with Gasteiger partial charge in [-0.25, -0.2) is 4.79 Å². The maximum atomic E-state index is 12.1.